The number of nitrogens with zero attached hydrogens (tertiary/aromatic N) is 3. The molecule has 0 bridgehead atoms. The first-order chi connectivity index (χ1) is 13.7. The summed E-state index contributed by atoms with van der Waals surface area (Å²) in [7, 11) is 0. The van der Waals surface area contributed by atoms with Crippen molar-refractivity contribution < 1.29 is 9.21 Å². The Morgan fingerprint density at radius 1 is 1.07 bits per heavy atom. The van der Waals surface area contributed by atoms with Crippen LogP contribution in [-0.2, 0) is 16.8 Å². The third-order valence-electron chi connectivity index (χ3n) is 6.37. The summed E-state index contributed by atoms with van der Waals surface area (Å²) in [6, 6.07) is 16.5. The van der Waals surface area contributed by atoms with Gasteiger partial charge in [0, 0.05) is 19.0 Å². The summed E-state index contributed by atoms with van der Waals surface area (Å²) in [6.45, 7) is 4.02. The molecule has 0 N–H and O–H groups in total. The van der Waals surface area contributed by atoms with Gasteiger partial charge in [-0.3, -0.25) is 9.69 Å². The van der Waals surface area contributed by atoms with Gasteiger partial charge in [0.25, 0.3) is 0 Å². The Balaban J connectivity index is 1.30. The molecule has 2 aromatic rings. The molecule has 0 aliphatic carbocycles. The molecule has 28 heavy (non-hydrogen) atoms. The van der Waals surface area contributed by atoms with Crippen LogP contribution >= 0.6 is 0 Å². The molecule has 1 amide bonds. The van der Waals surface area contributed by atoms with Gasteiger partial charge in [-0.05, 0) is 56.5 Å². The fraction of sp³-hybridized carbons (Fsp3) is 0.478. The smallest absolute Gasteiger partial charge is 0.225 e. The standard InChI is InChI=1S/C23H27N3O2/c24-18-23(20-5-2-1-3-6-20)10-14-26(15-11-23)22(27)19-8-12-25(13-9-19)17-21-7-4-16-28-21/h1-7,16,19H,8-15,17H2. The number of furan rings is 1. The average Bonchev–Trinajstić information content (AvgIpc) is 3.27. The zero-order valence-corrected chi connectivity index (χ0v) is 16.2. The number of amides is 1. The quantitative estimate of drug-likeness (QED) is 0.817. The van der Waals surface area contributed by atoms with Crippen LogP contribution in [0.4, 0.5) is 0 Å². The Morgan fingerprint density at radius 3 is 2.39 bits per heavy atom. The van der Waals surface area contributed by atoms with Crippen LogP contribution in [0.2, 0.25) is 0 Å². The topological polar surface area (TPSA) is 60.5 Å². The van der Waals surface area contributed by atoms with Crippen molar-refractivity contribution in [3.8, 4) is 6.07 Å². The number of rotatable bonds is 4. The lowest BCUT2D eigenvalue weighted by molar-refractivity contribution is -0.138. The molecule has 0 saturated carbocycles. The molecule has 5 nitrogen and oxygen atoms in total. The van der Waals surface area contributed by atoms with Gasteiger partial charge in [-0.15, -0.1) is 0 Å². The summed E-state index contributed by atoms with van der Waals surface area (Å²) in [5.74, 6) is 1.37. The van der Waals surface area contributed by atoms with Gasteiger partial charge in [-0.2, -0.15) is 5.26 Å². The van der Waals surface area contributed by atoms with Crippen molar-refractivity contribution in [2.45, 2.75) is 37.6 Å². The minimum absolute atomic E-state index is 0.110. The van der Waals surface area contributed by atoms with E-state index in [0.29, 0.717) is 13.1 Å². The predicted octanol–water partition coefficient (Wildman–Crippen LogP) is 3.58. The van der Waals surface area contributed by atoms with Crippen molar-refractivity contribution in [2.24, 2.45) is 5.92 Å². The maximum atomic E-state index is 13.0. The highest BCUT2D eigenvalue weighted by atomic mass is 16.3. The summed E-state index contributed by atoms with van der Waals surface area (Å²) < 4.78 is 5.43. The van der Waals surface area contributed by atoms with Crippen molar-refractivity contribution in [3.63, 3.8) is 0 Å². The van der Waals surface area contributed by atoms with Crippen molar-refractivity contribution in [1.29, 1.82) is 5.26 Å². The van der Waals surface area contributed by atoms with E-state index in [1.165, 1.54) is 0 Å². The molecule has 4 rings (SSSR count). The van der Waals surface area contributed by atoms with Crippen molar-refractivity contribution in [2.75, 3.05) is 26.2 Å². The van der Waals surface area contributed by atoms with Crippen LogP contribution in [0, 0.1) is 17.2 Å². The number of hydrogen-bond donors (Lipinski definition) is 0. The van der Waals surface area contributed by atoms with Crippen molar-refractivity contribution in [1.82, 2.24) is 9.80 Å². The zero-order chi connectivity index (χ0) is 19.4. The van der Waals surface area contributed by atoms with E-state index in [1.807, 2.05) is 47.4 Å². The van der Waals surface area contributed by atoms with Crippen LogP contribution in [0.25, 0.3) is 0 Å². The molecule has 146 valence electrons. The van der Waals surface area contributed by atoms with Crippen LogP contribution < -0.4 is 0 Å². The molecular weight excluding hydrogens is 350 g/mol. The van der Waals surface area contributed by atoms with E-state index in [1.54, 1.807) is 6.26 Å². The molecule has 2 saturated heterocycles. The third kappa shape index (κ3) is 3.83. The Labute approximate surface area is 166 Å². The van der Waals surface area contributed by atoms with Crippen LogP contribution in [-0.4, -0.2) is 41.9 Å². The number of piperidine rings is 2. The zero-order valence-electron chi connectivity index (χ0n) is 16.2. The van der Waals surface area contributed by atoms with E-state index < -0.39 is 5.41 Å². The number of carbonyl (C=O) groups is 1. The first-order valence-corrected chi connectivity index (χ1v) is 10.2. The van der Waals surface area contributed by atoms with E-state index in [-0.39, 0.29) is 11.8 Å². The van der Waals surface area contributed by atoms with Gasteiger partial charge in [-0.1, -0.05) is 30.3 Å². The normalized spacial score (nSPS) is 20.6. The maximum absolute atomic E-state index is 13.0. The van der Waals surface area contributed by atoms with Crippen LogP contribution in [0.15, 0.2) is 53.1 Å². The predicted molar refractivity (Wildman–Crippen MR) is 106 cm³/mol. The fourth-order valence-electron chi connectivity index (χ4n) is 4.55. The van der Waals surface area contributed by atoms with Gasteiger partial charge in [0.05, 0.1) is 24.3 Å². The maximum Gasteiger partial charge on any atom is 0.225 e. The monoisotopic (exact) mass is 377 g/mol. The van der Waals surface area contributed by atoms with E-state index in [4.69, 9.17) is 4.42 Å². The molecule has 0 spiro atoms. The second-order valence-electron chi connectivity index (χ2n) is 8.02. The first kappa shape index (κ1) is 18.8. The van der Waals surface area contributed by atoms with Gasteiger partial charge in [0.2, 0.25) is 5.91 Å². The van der Waals surface area contributed by atoms with E-state index in [9.17, 15) is 10.1 Å². The van der Waals surface area contributed by atoms with Gasteiger partial charge in [-0.25, -0.2) is 0 Å². The van der Waals surface area contributed by atoms with Crippen molar-refractivity contribution >= 4 is 5.91 Å². The second kappa shape index (κ2) is 8.20. The molecule has 1 aromatic heterocycles. The van der Waals surface area contributed by atoms with Crippen LogP contribution in [0.5, 0.6) is 0 Å². The molecule has 0 atom stereocenters. The highest BCUT2D eigenvalue weighted by molar-refractivity contribution is 5.79. The Kier molecular flexibility index (Phi) is 5.50. The average molecular weight is 377 g/mol. The highest BCUT2D eigenvalue weighted by Crippen LogP contribution is 2.35. The van der Waals surface area contributed by atoms with Crippen molar-refractivity contribution in [3.05, 3.63) is 60.1 Å². The van der Waals surface area contributed by atoms with Gasteiger partial charge in [0.15, 0.2) is 0 Å². The summed E-state index contributed by atoms with van der Waals surface area (Å²) in [5.41, 5.74) is 0.626. The lowest BCUT2D eigenvalue weighted by Crippen LogP contribution is -2.48. The van der Waals surface area contributed by atoms with Crippen LogP contribution in [0.1, 0.15) is 37.0 Å². The largest absolute Gasteiger partial charge is 0.468 e. The number of carbonyl (C=O) groups excluding carboxylic acids is 1. The summed E-state index contributed by atoms with van der Waals surface area (Å²) in [4.78, 5) is 17.4. The second-order valence-corrected chi connectivity index (χ2v) is 8.02. The molecule has 5 heteroatoms. The summed E-state index contributed by atoms with van der Waals surface area (Å²) in [6.07, 6.45) is 4.95. The Hall–Kier alpha value is -2.58. The molecule has 3 heterocycles. The lowest BCUT2D eigenvalue weighted by atomic mass is 9.74. The minimum Gasteiger partial charge on any atom is -0.468 e. The molecule has 0 unspecified atom stereocenters. The Morgan fingerprint density at radius 2 is 1.79 bits per heavy atom. The fourth-order valence-corrected chi connectivity index (χ4v) is 4.55. The molecule has 2 aliphatic rings. The number of nitriles is 1. The summed E-state index contributed by atoms with van der Waals surface area (Å²) >= 11 is 0. The van der Waals surface area contributed by atoms with E-state index in [2.05, 4.69) is 11.0 Å². The molecule has 2 fully saturated rings. The van der Waals surface area contributed by atoms with Gasteiger partial charge < -0.3 is 9.32 Å². The molecular formula is C23H27N3O2. The number of benzene rings is 1. The number of hydrogen-bond acceptors (Lipinski definition) is 4. The summed E-state index contributed by atoms with van der Waals surface area (Å²) in [5, 5.41) is 9.84. The Bertz CT molecular complexity index is 809. The van der Waals surface area contributed by atoms with Gasteiger partial charge in [0.1, 0.15) is 5.76 Å². The molecule has 0 radical (unpaired) electrons. The molecule has 2 aliphatic heterocycles. The molecule has 1 aromatic carbocycles. The first-order valence-electron chi connectivity index (χ1n) is 10.2. The van der Waals surface area contributed by atoms with E-state index >= 15 is 0 Å². The third-order valence-corrected chi connectivity index (χ3v) is 6.37. The SMILES string of the molecule is N#CC1(c2ccccc2)CCN(C(=O)C2CCN(Cc3ccco3)CC2)CC1. The van der Waals surface area contributed by atoms with Crippen LogP contribution in [0.3, 0.4) is 0 Å². The highest BCUT2D eigenvalue weighted by Gasteiger charge is 2.39. The van der Waals surface area contributed by atoms with Gasteiger partial charge >= 0.3 is 0 Å². The minimum atomic E-state index is -0.454. The number of likely N-dealkylation sites (tertiary alicyclic amines) is 2. The van der Waals surface area contributed by atoms with E-state index in [0.717, 1.165) is 56.6 Å². The lowest BCUT2D eigenvalue weighted by Gasteiger charge is -2.40.